The number of aryl methyl sites for hydroxylation is 2. The Kier molecular flexibility index (Phi) is 5.32. The van der Waals surface area contributed by atoms with Gasteiger partial charge in [-0.15, -0.1) is 0 Å². The van der Waals surface area contributed by atoms with E-state index in [1.54, 1.807) is 6.07 Å². The molecule has 0 saturated heterocycles. The number of phenolic OH excluding ortho intramolecular Hbond substituents is 1. The number of anilines is 1. The second-order valence-electron chi connectivity index (χ2n) is 7.27. The molecule has 0 bridgehead atoms. The monoisotopic (exact) mass is 401 g/mol. The van der Waals surface area contributed by atoms with E-state index in [9.17, 15) is 5.11 Å². The summed E-state index contributed by atoms with van der Waals surface area (Å²) >= 11 is 5.75. The molecule has 0 aliphatic carbocycles. The highest BCUT2D eigenvalue weighted by atomic mass is 32.1. The van der Waals surface area contributed by atoms with E-state index in [1.165, 1.54) is 0 Å². The molecule has 0 radical (unpaired) electrons. The highest BCUT2D eigenvalue weighted by Gasteiger charge is 2.31. The maximum atomic E-state index is 9.87. The molecule has 2 N–H and O–H groups in total. The van der Waals surface area contributed by atoms with Gasteiger partial charge >= 0.3 is 0 Å². The lowest BCUT2D eigenvalue weighted by Gasteiger charge is -2.25. The third-order valence-electron chi connectivity index (χ3n) is 5.22. The van der Waals surface area contributed by atoms with Crippen LogP contribution in [0.5, 0.6) is 5.75 Å². The molecule has 3 aromatic carbocycles. The number of hydrazone groups is 1. The van der Waals surface area contributed by atoms with Gasteiger partial charge in [-0.3, -0.25) is 0 Å². The van der Waals surface area contributed by atoms with Crippen LogP contribution < -0.4 is 5.32 Å². The summed E-state index contributed by atoms with van der Waals surface area (Å²) in [5.41, 5.74) is 6.06. The van der Waals surface area contributed by atoms with Gasteiger partial charge in [0.1, 0.15) is 5.75 Å². The zero-order valence-electron chi connectivity index (χ0n) is 16.5. The van der Waals surface area contributed by atoms with Crippen LogP contribution in [-0.4, -0.2) is 20.9 Å². The van der Waals surface area contributed by atoms with Gasteiger partial charge in [0.25, 0.3) is 0 Å². The van der Waals surface area contributed by atoms with Crippen LogP contribution in [0.4, 0.5) is 5.69 Å². The molecule has 4 nitrogen and oxygen atoms in total. The lowest BCUT2D eigenvalue weighted by molar-refractivity contribution is 0.375. The van der Waals surface area contributed by atoms with Crippen LogP contribution in [0.1, 0.15) is 34.7 Å². The first-order valence-corrected chi connectivity index (χ1v) is 10.0. The number of benzene rings is 3. The summed E-state index contributed by atoms with van der Waals surface area (Å²) in [5.74, 6) is 0.292. The minimum Gasteiger partial charge on any atom is -0.508 e. The summed E-state index contributed by atoms with van der Waals surface area (Å²) in [6.07, 6.45) is 0.740. The van der Waals surface area contributed by atoms with Gasteiger partial charge in [-0.05, 0) is 72.6 Å². The Balaban J connectivity index is 1.68. The summed E-state index contributed by atoms with van der Waals surface area (Å²) in [4.78, 5) is 0. The van der Waals surface area contributed by atoms with E-state index in [-0.39, 0.29) is 6.04 Å². The van der Waals surface area contributed by atoms with Crippen LogP contribution in [0.2, 0.25) is 0 Å². The predicted molar refractivity (Wildman–Crippen MR) is 122 cm³/mol. The lowest BCUT2D eigenvalue weighted by Crippen LogP contribution is -2.31. The number of hydrogen-bond acceptors (Lipinski definition) is 3. The molecule has 0 saturated carbocycles. The third-order valence-corrected chi connectivity index (χ3v) is 5.51. The first kappa shape index (κ1) is 19.2. The molecule has 1 unspecified atom stereocenters. The van der Waals surface area contributed by atoms with Crippen molar-refractivity contribution in [3.63, 3.8) is 0 Å². The number of nitrogens with zero attached hydrogens (tertiary/aromatic N) is 2. The molecule has 5 heteroatoms. The van der Waals surface area contributed by atoms with Crippen molar-refractivity contribution >= 4 is 28.7 Å². The van der Waals surface area contributed by atoms with Crippen LogP contribution >= 0.6 is 12.2 Å². The van der Waals surface area contributed by atoms with Gasteiger partial charge in [0, 0.05) is 12.1 Å². The number of nitrogens with one attached hydrogen (secondary N) is 1. The highest BCUT2D eigenvalue weighted by Crippen LogP contribution is 2.34. The molecule has 3 aromatic rings. The maximum Gasteiger partial charge on any atom is 0.194 e. The maximum absolute atomic E-state index is 9.87. The van der Waals surface area contributed by atoms with Gasteiger partial charge in [-0.2, -0.15) is 5.10 Å². The predicted octanol–water partition coefficient (Wildman–Crippen LogP) is 5.56. The van der Waals surface area contributed by atoms with Crippen molar-refractivity contribution in [3.8, 4) is 5.75 Å². The molecule has 4 rings (SSSR count). The summed E-state index contributed by atoms with van der Waals surface area (Å²) in [6, 6.07) is 24.0. The van der Waals surface area contributed by atoms with Crippen LogP contribution in [0.3, 0.4) is 0 Å². The van der Waals surface area contributed by atoms with Crippen molar-refractivity contribution in [2.24, 2.45) is 5.10 Å². The molecule has 0 aromatic heterocycles. The fraction of sp³-hybridized carbons (Fsp3) is 0.167. The molecule has 29 heavy (non-hydrogen) atoms. The largest absolute Gasteiger partial charge is 0.508 e. The molecular formula is C24H23N3OS. The Morgan fingerprint density at radius 1 is 1.00 bits per heavy atom. The number of thiocarbonyl (C=S) groups is 1. The Hall–Kier alpha value is -3.18. The molecule has 1 aliphatic rings. The Morgan fingerprint density at radius 3 is 2.45 bits per heavy atom. The Labute approximate surface area is 176 Å². The van der Waals surface area contributed by atoms with Gasteiger partial charge in [0.05, 0.1) is 11.8 Å². The molecule has 1 aliphatic heterocycles. The van der Waals surface area contributed by atoms with Crippen LogP contribution in [0.25, 0.3) is 0 Å². The SMILES string of the molecule is Cc1cc(C2=NN(C(=S)Nc3ccccc3C)C(c3ccccc3)C2)ccc1O. The third kappa shape index (κ3) is 4.00. The average molecular weight is 402 g/mol. The van der Waals surface area contributed by atoms with E-state index in [1.807, 2.05) is 60.5 Å². The van der Waals surface area contributed by atoms with E-state index >= 15 is 0 Å². The van der Waals surface area contributed by atoms with Gasteiger partial charge < -0.3 is 10.4 Å². The van der Waals surface area contributed by atoms with Gasteiger partial charge in [0.15, 0.2) is 5.11 Å². The first-order valence-electron chi connectivity index (χ1n) is 9.61. The van der Waals surface area contributed by atoms with Crippen LogP contribution in [-0.2, 0) is 0 Å². The minimum absolute atomic E-state index is 0.0179. The number of rotatable bonds is 3. The normalized spacial score (nSPS) is 15.9. The van der Waals surface area contributed by atoms with Crippen molar-refractivity contribution in [1.82, 2.24) is 5.01 Å². The second-order valence-corrected chi connectivity index (χ2v) is 7.65. The Bertz CT molecular complexity index is 1080. The molecule has 1 heterocycles. The summed E-state index contributed by atoms with van der Waals surface area (Å²) < 4.78 is 0. The molecule has 146 valence electrons. The fourth-order valence-electron chi connectivity index (χ4n) is 3.53. The molecule has 0 fully saturated rings. The van der Waals surface area contributed by atoms with E-state index in [2.05, 4.69) is 30.4 Å². The van der Waals surface area contributed by atoms with E-state index in [0.29, 0.717) is 10.9 Å². The number of hydrogen-bond donors (Lipinski definition) is 2. The Morgan fingerprint density at radius 2 is 1.72 bits per heavy atom. The minimum atomic E-state index is 0.0179. The molecule has 0 amide bonds. The van der Waals surface area contributed by atoms with E-state index in [0.717, 1.165) is 40.1 Å². The molecule has 0 spiro atoms. The smallest absolute Gasteiger partial charge is 0.194 e. The summed E-state index contributed by atoms with van der Waals surface area (Å²) in [5, 5.41) is 20.6. The lowest BCUT2D eigenvalue weighted by atomic mass is 9.97. The number of phenols is 1. The summed E-state index contributed by atoms with van der Waals surface area (Å²) in [7, 11) is 0. The number of aromatic hydroxyl groups is 1. The van der Waals surface area contributed by atoms with Crippen molar-refractivity contribution < 1.29 is 5.11 Å². The molecular weight excluding hydrogens is 378 g/mol. The van der Waals surface area contributed by atoms with Crippen molar-refractivity contribution in [2.75, 3.05) is 5.32 Å². The second kappa shape index (κ2) is 8.05. The van der Waals surface area contributed by atoms with Gasteiger partial charge in [-0.1, -0.05) is 48.5 Å². The van der Waals surface area contributed by atoms with Crippen LogP contribution in [0, 0.1) is 13.8 Å². The van der Waals surface area contributed by atoms with Crippen molar-refractivity contribution in [3.05, 3.63) is 95.1 Å². The van der Waals surface area contributed by atoms with E-state index in [4.69, 9.17) is 17.3 Å². The zero-order chi connectivity index (χ0) is 20.4. The fourth-order valence-corrected chi connectivity index (χ4v) is 3.81. The van der Waals surface area contributed by atoms with E-state index < -0.39 is 0 Å². The van der Waals surface area contributed by atoms with Crippen molar-refractivity contribution in [2.45, 2.75) is 26.3 Å². The van der Waals surface area contributed by atoms with Crippen molar-refractivity contribution in [1.29, 1.82) is 0 Å². The molecule has 1 atom stereocenters. The average Bonchev–Trinajstić information content (AvgIpc) is 3.18. The standard InChI is InChI=1S/C24H23N3OS/c1-16-8-6-7-11-20(16)25-24(29)27-22(18-9-4-3-5-10-18)15-21(26-27)19-12-13-23(28)17(2)14-19/h3-14,22,28H,15H2,1-2H3,(H,25,29). The van der Waals surface area contributed by atoms with Gasteiger partial charge in [-0.25, -0.2) is 5.01 Å². The first-order chi connectivity index (χ1) is 14.0. The topological polar surface area (TPSA) is 47.9 Å². The zero-order valence-corrected chi connectivity index (χ0v) is 17.3. The summed E-state index contributed by atoms with van der Waals surface area (Å²) in [6.45, 7) is 3.95. The highest BCUT2D eigenvalue weighted by molar-refractivity contribution is 7.80. The van der Waals surface area contributed by atoms with Crippen LogP contribution in [0.15, 0.2) is 77.9 Å². The number of para-hydroxylation sites is 1. The quantitative estimate of drug-likeness (QED) is 0.564. The van der Waals surface area contributed by atoms with Gasteiger partial charge in [0.2, 0.25) is 0 Å².